The predicted molar refractivity (Wildman–Crippen MR) is 86.2 cm³/mol. The van der Waals surface area contributed by atoms with E-state index in [2.05, 4.69) is 22.5 Å². The Balaban J connectivity index is 1.75. The Bertz CT molecular complexity index is 373. The van der Waals surface area contributed by atoms with E-state index in [1.807, 2.05) is 25.6 Å². The van der Waals surface area contributed by atoms with Crippen molar-refractivity contribution in [1.29, 1.82) is 0 Å². The molecular formula is C15H27N3OS. The highest BCUT2D eigenvalue weighted by Crippen LogP contribution is 2.38. The van der Waals surface area contributed by atoms with Gasteiger partial charge in [0.25, 0.3) is 0 Å². The molecule has 0 radical (unpaired) electrons. The maximum absolute atomic E-state index is 11.6. The molecule has 0 unspecified atom stereocenters. The van der Waals surface area contributed by atoms with Crippen LogP contribution in [0.4, 0.5) is 0 Å². The lowest BCUT2D eigenvalue weighted by Gasteiger charge is -2.35. The van der Waals surface area contributed by atoms with Crippen molar-refractivity contribution in [1.82, 2.24) is 10.6 Å². The number of thioether (sulfide) groups is 1. The van der Waals surface area contributed by atoms with Gasteiger partial charge < -0.3 is 10.6 Å². The summed E-state index contributed by atoms with van der Waals surface area (Å²) in [6, 6.07) is 0.210. The van der Waals surface area contributed by atoms with E-state index in [1.165, 1.54) is 25.7 Å². The minimum atomic E-state index is 0.0913. The molecule has 1 spiro atoms. The van der Waals surface area contributed by atoms with Gasteiger partial charge in [0, 0.05) is 23.8 Å². The van der Waals surface area contributed by atoms with E-state index in [0.717, 1.165) is 16.8 Å². The summed E-state index contributed by atoms with van der Waals surface area (Å²) < 4.78 is 0. The van der Waals surface area contributed by atoms with Crippen molar-refractivity contribution in [2.45, 2.75) is 64.5 Å². The van der Waals surface area contributed by atoms with E-state index in [0.29, 0.717) is 13.0 Å². The molecule has 2 aliphatic rings. The van der Waals surface area contributed by atoms with Crippen LogP contribution in [0, 0.1) is 5.92 Å². The first-order valence-corrected chi connectivity index (χ1v) is 8.72. The van der Waals surface area contributed by atoms with Crippen molar-refractivity contribution >= 4 is 22.8 Å². The average molecular weight is 297 g/mol. The third-order valence-corrected chi connectivity index (χ3v) is 5.33. The molecule has 1 amide bonds. The van der Waals surface area contributed by atoms with E-state index in [4.69, 9.17) is 0 Å². The minimum Gasteiger partial charge on any atom is -0.359 e. The van der Waals surface area contributed by atoms with E-state index < -0.39 is 0 Å². The van der Waals surface area contributed by atoms with Gasteiger partial charge in [0.05, 0.1) is 6.54 Å². The highest BCUT2D eigenvalue weighted by atomic mass is 32.2. The highest BCUT2D eigenvalue weighted by molar-refractivity contribution is 8.14. The molecule has 1 aliphatic carbocycles. The maximum atomic E-state index is 11.6. The highest BCUT2D eigenvalue weighted by Gasteiger charge is 2.39. The largest absolute Gasteiger partial charge is 0.359 e. The van der Waals surface area contributed by atoms with Gasteiger partial charge in [-0.25, -0.2) is 0 Å². The van der Waals surface area contributed by atoms with Crippen LogP contribution in [-0.2, 0) is 4.79 Å². The molecule has 4 nitrogen and oxygen atoms in total. The lowest BCUT2D eigenvalue weighted by molar-refractivity contribution is -0.121. The Hall–Kier alpha value is -0.710. The van der Waals surface area contributed by atoms with Crippen molar-refractivity contribution in [2.75, 3.05) is 12.3 Å². The molecule has 0 aromatic rings. The number of amides is 1. The zero-order valence-corrected chi connectivity index (χ0v) is 13.7. The van der Waals surface area contributed by atoms with Gasteiger partial charge in [-0.1, -0.05) is 18.7 Å². The molecule has 0 aromatic carbocycles. The number of hydrogen-bond donors (Lipinski definition) is 2. The van der Waals surface area contributed by atoms with Crippen molar-refractivity contribution in [2.24, 2.45) is 10.9 Å². The molecule has 1 heterocycles. The molecule has 1 saturated carbocycles. The van der Waals surface area contributed by atoms with Crippen LogP contribution < -0.4 is 10.6 Å². The molecule has 1 saturated heterocycles. The van der Waals surface area contributed by atoms with Gasteiger partial charge >= 0.3 is 0 Å². The van der Waals surface area contributed by atoms with Gasteiger partial charge in [-0.2, -0.15) is 0 Å². The van der Waals surface area contributed by atoms with Gasteiger partial charge in [0.2, 0.25) is 5.91 Å². The van der Waals surface area contributed by atoms with Crippen molar-refractivity contribution in [3.8, 4) is 0 Å². The smallest absolute Gasteiger partial charge is 0.222 e. The second-order valence-electron chi connectivity index (χ2n) is 6.54. The molecular weight excluding hydrogens is 270 g/mol. The Morgan fingerprint density at radius 3 is 2.85 bits per heavy atom. The Labute approximate surface area is 126 Å². The Morgan fingerprint density at radius 2 is 2.20 bits per heavy atom. The van der Waals surface area contributed by atoms with Crippen LogP contribution >= 0.6 is 11.8 Å². The number of carbonyl (C=O) groups excluding carboxylic acids is 1. The topological polar surface area (TPSA) is 53.5 Å². The number of carbonyl (C=O) groups is 1. The summed E-state index contributed by atoms with van der Waals surface area (Å²) in [4.78, 5) is 16.1. The molecule has 2 fully saturated rings. The van der Waals surface area contributed by atoms with Crippen molar-refractivity contribution < 1.29 is 4.79 Å². The van der Waals surface area contributed by atoms with Crippen molar-refractivity contribution in [3.05, 3.63) is 0 Å². The first-order chi connectivity index (χ1) is 9.49. The average Bonchev–Trinajstić information content (AvgIpc) is 2.76. The SMILES string of the molecule is CC1CCC2(CC1)CSC(=NCCC(=O)NC(C)C)N2. The summed E-state index contributed by atoms with van der Waals surface area (Å²) in [7, 11) is 0. The molecule has 1 aliphatic heterocycles. The molecule has 20 heavy (non-hydrogen) atoms. The van der Waals surface area contributed by atoms with E-state index in [1.54, 1.807) is 0 Å². The number of amidine groups is 1. The van der Waals surface area contributed by atoms with Crippen LogP contribution in [0.2, 0.25) is 0 Å². The van der Waals surface area contributed by atoms with E-state index >= 15 is 0 Å². The maximum Gasteiger partial charge on any atom is 0.222 e. The first-order valence-electron chi connectivity index (χ1n) is 7.74. The third kappa shape index (κ3) is 4.40. The normalized spacial score (nSPS) is 31.8. The molecule has 114 valence electrons. The fraction of sp³-hybridized carbons (Fsp3) is 0.867. The molecule has 0 bridgehead atoms. The van der Waals surface area contributed by atoms with Crippen molar-refractivity contribution in [3.63, 3.8) is 0 Å². The second-order valence-corrected chi connectivity index (χ2v) is 7.50. The summed E-state index contributed by atoms with van der Waals surface area (Å²) in [5.41, 5.74) is 0.288. The minimum absolute atomic E-state index is 0.0913. The fourth-order valence-electron chi connectivity index (χ4n) is 2.83. The third-order valence-electron chi connectivity index (χ3n) is 4.13. The number of nitrogens with one attached hydrogen (secondary N) is 2. The first kappa shape index (κ1) is 15.7. The van der Waals surface area contributed by atoms with Crippen LogP contribution in [0.1, 0.15) is 52.9 Å². The van der Waals surface area contributed by atoms with Gasteiger partial charge in [-0.05, 0) is 45.4 Å². The number of aliphatic imine (C=N–C) groups is 1. The predicted octanol–water partition coefficient (Wildman–Crippen LogP) is 2.54. The van der Waals surface area contributed by atoms with Crippen LogP contribution in [0.3, 0.4) is 0 Å². The standard InChI is InChI=1S/C15H27N3OS/c1-11(2)17-13(19)6-9-16-14-18-15(10-20-14)7-4-12(3)5-8-15/h11-12H,4-10H2,1-3H3,(H,16,18)(H,17,19). The quantitative estimate of drug-likeness (QED) is 0.838. The van der Waals surface area contributed by atoms with Gasteiger partial charge in [-0.15, -0.1) is 0 Å². The van der Waals surface area contributed by atoms with Gasteiger partial charge in [0.15, 0.2) is 5.17 Å². The molecule has 2 N–H and O–H groups in total. The number of hydrogen-bond acceptors (Lipinski definition) is 3. The summed E-state index contributed by atoms with van der Waals surface area (Å²) >= 11 is 1.82. The second kappa shape index (κ2) is 6.83. The van der Waals surface area contributed by atoms with E-state index in [9.17, 15) is 4.79 Å². The Morgan fingerprint density at radius 1 is 1.50 bits per heavy atom. The molecule has 2 rings (SSSR count). The van der Waals surface area contributed by atoms with Crippen LogP contribution in [0.25, 0.3) is 0 Å². The fourth-order valence-corrected chi connectivity index (χ4v) is 4.07. The zero-order valence-electron chi connectivity index (χ0n) is 12.9. The molecule has 0 aromatic heterocycles. The van der Waals surface area contributed by atoms with Gasteiger partial charge in [0.1, 0.15) is 0 Å². The molecule has 5 heteroatoms. The van der Waals surface area contributed by atoms with Crippen LogP contribution in [-0.4, -0.2) is 35.0 Å². The van der Waals surface area contributed by atoms with Crippen LogP contribution in [0.15, 0.2) is 4.99 Å². The zero-order chi connectivity index (χ0) is 14.6. The monoisotopic (exact) mass is 297 g/mol. The number of rotatable bonds is 4. The summed E-state index contributed by atoms with van der Waals surface area (Å²) in [6.45, 7) is 6.88. The Kier molecular flexibility index (Phi) is 5.35. The van der Waals surface area contributed by atoms with E-state index in [-0.39, 0.29) is 17.5 Å². The molecule has 0 atom stereocenters. The summed E-state index contributed by atoms with van der Waals surface area (Å²) in [5, 5.41) is 7.56. The summed E-state index contributed by atoms with van der Waals surface area (Å²) in [6.07, 6.45) is 5.63. The van der Waals surface area contributed by atoms with Crippen LogP contribution in [0.5, 0.6) is 0 Å². The lowest BCUT2D eigenvalue weighted by atomic mass is 9.78. The number of nitrogens with zero attached hydrogens (tertiary/aromatic N) is 1. The lowest BCUT2D eigenvalue weighted by Crippen LogP contribution is -2.46. The summed E-state index contributed by atoms with van der Waals surface area (Å²) in [5.74, 6) is 2.10. The van der Waals surface area contributed by atoms with Gasteiger partial charge in [-0.3, -0.25) is 9.79 Å².